The SMILES string of the molecule is CN(C)CC1CCN(C(=O)[C@H](Cc2ccccc2)NCc2ccc(-c3ccccn3)cc2)CC1. The molecule has 1 N–H and O–H groups in total. The van der Waals surface area contributed by atoms with E-state index >= 15 is 0 Å². The van der Waals surface area contributed by atoms with Gasteiger partial charge in [0.05, 0.1) is 11.7 Å². The lowest BCUT2D eigenvalue weighted by atomic mass is 9.95. The molecular formula is C29H36N4O. The molecule has 1 aliphatic rings. The van der Waals surface area contributed by atoms with Crippen molar-refractivity contribution in [3.63, 3.8) is 0 Å². The second kappa shape index (κ2) is 11.9. The topological polar surface area (TPSA) is 48.5 Å². The van der Waals surface area contributed by atoms with Gasteiger partial charge in [-0.3, -0.25) is 9.78 Å². The van der Waals surface area contributed by atoms with Crippen molar-refractivity contribution in [1.29, 1.82) is 0 Å². The number of nitrogens with one attached hydrogen (secondary N) is 1. The van der Waals surface area contributed by atoms with Gasteiger partial charge in [-0.1, -0.05) is 60.7 Å². The van der Waals surface area contributed by atoms with Crippen LogP contribution in [-0.4, -0.2) is 60.5 Å². The summed E-state index contributed by atoms with van der Waals surface area (Å²) in [5, 5.41) is 3.57. The van der Waals surface area contributed by atoms with E-state index in [1.807, 2.05) is 42.6 Å². The summed E-state index contributed by atoms with van der Waals surface area (Å²) in [5.74, 6) is 0.898. The molecule has 0 saturated carbocycles. The van der Waals surface area contributed by atoms with Gasteiger partial charge in [0.1, 0.15) is 0 Å². The lowest BCUT2D eigenvalue weighted by molar-refractivity contribution is -0.135. The Balaban J connectivity index is 1.40. The molecular weight excluding hydrogens is 420 g/mol. The van der Waals surface area contributed by atoms with Crippen LogP contribution in [0.2, 0.25) is 0 Å². The van der Waals surface area contributed by atoms with Crippen LogP contribution < -0.4 is 5.32 Å². The molecule has 1 saturated heterocycles. The van der Waals surface area contributed by atoms with Crippen molar-refractivity contribution in [2.45, 2.75) is 31.8 Å². The van der Waals surface area contributed by atoms with Crippen molar-refractivity contribution in [2.24, 2.45) is 5.92 Å². The summed E-state index contributed by atoms with van der Waals surface area (Å²) in [7, 11) is 4.25. The Kier molecular flexibility index (Phi) is 8.45. The van der Waals surface area contributed by atoms with Crippen molar-refractivity contribution >= 4 is 5.91 Å². The Bertz CT molecular complexity index is 1010. The number of aromatic nitrogens is 1. The second-order valence-corrected chi connectivity index (χ2v) is 9.57. The van der Waals surface area contributed by atoms with E-state index in [9.17, 15) is 4.79 Å². The molecule has 2 aromatic carbocycles. The smallest absolute Gasteiger partial charge is 0.240 e. The lowest BCUT2D eigenvalue weighted by Gasteiger charge is -2.35. The molecule has 3 aromatic rings. The third kappa shape index (κ3) is 6.75. The molecule has 5 heteroatoms. The van der Waals surface area contributed by atoms with Gasteiger partial charge < -0.3 is 15.1 Å². The molecule has 0 aliphatic carbocycles. The van der Waals surface area contributed by atoms with Crippen LogP contribution in [0.25, 0.3) is 11.3 Å². The standard InChI is InChI=1S/C29H36N4O/c1-32(2)22-25-15-18-33(19-16-25)29(34)28(20-23-8-4-3-5-9-23)31-21-24-11-13-26(14-12-24)27-10-6-7-17-30-27/h3-14,17,25,28,31H,15-16,18-22H2,1-2H3/t28-/m0/s1. The van der Waals surface area contributed by atoms with Crippen LogP contribution in [0.3, 0.4) is 0 Å². The van der Waals surface area contributed by atoms with Crippen molar-refractivity contribution in [1.82, 2.24) is 20.1 Å². The Morgan fingerprint density at radius 3 is 2.32 bits per heavy atom. The van der Waals surface area contributed by atoms with Gasteiger partial charge in [-0.25, -0.2) is 0 Å². The first-order valence-corrected chi connectivity index (χ1v) is 12.3. The van der Waals surface area contributed by atoms with Gasteiger partial charge in [-0.2, -0.15) is 0 Å². The Labute approximate surface area is 203 Å². The maximum Gasteiger partial charge on any atom is 0.240 e. The number of hydrogen-bond acceptors (Lipinski definition) is 4. The number of rotatable bonds is 9. The number of nitrogens with zero attached hydrogens (tertiary/aromatic N) is 3. The highest BCUT2D eigenvalue weighted by Gasteiger charge is 2.28. The predicted molar refractivity (Wildman–Crippen MR) is 138 cm³/mol. The average molecular weight is 457 g/mol. The zero-order valence-electron chi connectivity index (χ0n) is 20.4. The molecule has 4 rings (SSSR count). The maximum absolute atomic E-state index is 13.5. The van der Waals surface area contributed by atoms with Crippen LogP contribution in [0.15, 0.2) is 79.0 Å². The molecule has 34 heavy (non-hydrogen) atoms. The molecule has 0 unspecified atom stereocenters. The van der Waals surface area contributed by atoms with Crippen molar-refractivity contribution < 1.29 is 4.79 Å². The van der Waals surface area contributed by atoms with Crippen LogP contribution in [0.1, 0.15) is 24.0 Å². The summed E-state index contributed by atoms with van der Waals surface area (Å²) in [6.07, 6.45) is 4.67. The van der Waals surface area contributed by atoms with Gasteiger partial charge in [-0.05, 0) is 62.5 Å². The van der Waals surface area contributed by atoms with Gasteiger partial charge in [0.25, 0.3) is 0 Å². The summed E-state index contributed by atoms with van der Waals surface area (Å²) in [6, 6.07) is 24.5. The zero-order chi connectivity index (χ0) is 23.8. The molecule has 0 spiro atoms. The van der Waals surface area contributed by atoms with Gasteiger partial charge in [0.15, 0.2) is 0 Å². The molecule has 178 valence electrons. The van der Waals surface area contributed by atoms with E-state index in [2.05, 4.69) is 70.6 Å². The fourth-order valence-corrected chi connectivity index (χ4v) is 4.74. The fourth-order valence-electron chi connectivity index (χ4n) is 4.74. The number of piperidine rings is 1. The number of carbonyl (C=O) groups excluding carboxylic acids is 1. The van der Waals surface area contributed by atoms with Gasteiger partial charge in [0.2, 0.25) is 5.91 Å². The van der Waals surface area contributed by atoms with Crippen molar-refractivity contribution in [3.8, 4) is 11.3 Å². The summed E-state index contributed by atoms with van der Waals surface area (Å²) in [4.78, 5) is 22.3. The average Bonchev–Trinajstić information content (AvgIpc) is 2.88. The number of likely N-dealkylation sites (tertiary alicyclic amines) is 1. The Morgan fingerprint density at radius 2 is 1.68 bits per heavy atom. The minimum atomic E-state index is -0.233. The first-order chi connectivity index (χ1) is 16.6. The highest BCUT2D eigenvalue weighted by atomic mass is 16.2. The summed E-state index contributed by atoms with van der Waals surface area (Å²) in [6.45, 7) is 3.46. The number of pyridine rings is 1. The first kappa shape index (κ1) is 24.1. The van der Waals surface area contributed by atoms with Crippen molar-refractivity contribution in [3.05, 3.63) is 90.1 Å². The van der Waals surface area contributed by atoms with Crippen LogP contribution in [-0.2, 0) is 17.8 Å². The summed E-state index contributed by atoms with van der Waals surface area (Å²) >= 11 is 0. The second-order valence-electron chi connectivity index (χ2n) is 9.57. The zero-order valence-corrected chi connectivity index (χ0v) is 20.4. The lowest BCUT2D eigenvalue weighted by Crippen LogP contribution is -2.50. The fraction of sp³-hybridized carbons (Fsp3) is 0.379. The van der Waals surface area contributed by atoms with E-state index in [-0.39, 0.29) is 11.9 Å². The highest BCUT2D eigenvalue weighted by molar-refractivity contribution is 5.82. The third-order valence-electron chi connectivity index (χ3n) is 6.60. The molecule has 0 radical (unpaired) electrons. The molecule has 1 fully saturated rings. The minimum absolute atomic E-state index is 0.220. The molecule has 2 heterocycles. The monoisotopic (exact) mass is 456 g/mol. The van der Waals surface area contributed by atoms with E-state index in [0.717, 1.165) is 49.3 Å². The van der Waals surface area contributed by atoms with Gasteiger partial charge in [-0.15, -0.1) is 0 Å². The number of hydrogen-bond donors (Lipinski definition) is 1. The molecule has 1 aliphatic heterocycles. The van der Waals surface area contributed by atoms with Crippen LogP contribution in [0.4, 0.5) is 0 Å². The third-order valence-corrected chi connectivity index (χ3v) is 6.60. The number of carbonyl (C=O) groups is 1. The molecule has 5 nitrogen and oxygen atoms in total. The molecule has 1 atom stereocenters. The van der Waals surface area contributed by atoms with E-state index in [4.69, 9.17) is 0 Å². The maximum atomic E-state index is 13.5. The van der Waals surface area contributed by atoms with Crippen LogP contribution >= 0.6 is 0 Å². The Morgan fingerprint density at radius 1 is 0.971 bits per heavy atom. The normalized spacial score (nSPS) is 15.4. The molecule has 1 amide bonds. The summed E-state index contributed by atoms with van der Waals surface area (Å²) in [5.41, 5.74) is 4.41. The number of amides is 1. The molecule has 0 bridgehead atoms. The van der Waals surface area contributed by atoms with E-state index in [1.54, 1.807) is 0 Å². The summed E-state index contributed by atoms with van der Waals surface area (Å²) < 4.78 is 0. The van der Waals surface area contributed by atoms with Gasteiger partial charge in [0, 0.05) is 37.9 Å². The van der Waals surface area contributed by atoms with Crippen LogP contribution in [0, 0.1) is 5.92 Å². The first-order valence-electron chi connectivity index (χ1n) is 12.3. The van der Waals surface area contributed by atoms with Crippen molar-refractivity contribution in [2.75, 3.05) is 33.7 Å². The Hall–Kier alpha value is -3.02. The van der Waals surface area contributed by atoms with Crippen LogP contribution in [0.5, 0.6) is 0 Å². The van der Waals surface area contributed by atoms with E-state index < -0.39 is 0 Å². The van der Waals surface area contributed by atoms with Gasteiger partial charge >= 0.3 is 0 Å². The minimum Gasteiger partial charge on any atom is -0.341 e. The number of benzene rings is 2. The highest BCUT2D eigenvalue weighted by Crippen LogP contribution is 2.20. The van der Waals surface area contributed by atoms with E-state index in [1.165, 1.54) is 5.56 Å². The molecule has 1 aromatic heterocycles. The largest absolute Gasteiger partial charge is 0.341 e. The predicted octanol–water partition coefficient (Wildman–Crippen LogP) is 4.25. The van der Waals surface area contributed by atoms with E-state index in [0.29, 0.717) is 18.9 Å². The quantitative estimate of drug-likeness (QED) is 0.523.